The zero-order chi connectivity index (χ0) is 27.4. The third-order valence-corrected chi connectivity index (χ3v) is 8.45. The van der Waals surface area contributed by atoms with Gasteiger partial charge in [0, 0.05) is 17.4 Å². The van der Waals surface area contributed by atoms with Gasteiger partial charge in [0.05, 0.1) is 23.0 Å². The molecular weight excluding hydrogens is 522 g/mol. The van der Waals surface area contributed by atoms with Crippen LogP contribution in [0, 0.1) is 29.1 Å². The molecule has 38 heavy (non-hydrogen) atoms. The number of halogens is 1. The molecule has 0 unspecified atom stereocenters. The number of carboxylic acids is 1. The molecule has 1 amide bonds. The second-order valence-electron chi connectivity index (χ2n) is 11.5. The number of nitrogens with zero attached hydrogens (tertiary/aromatic N) is 3. The van der Waals surface area contributed by atoms with Crippen molar-refractivity contribution in [3.63, 3.8) is 0 Å². The molecule has 0 radical (unpaired) electrons. The molecule has 0 saturated heterocycles. The van der Waals surface area contributed by atoms with Gasteiger partial charge in [-0.25, -0.2) is 14.8 Å². The topological polar surface area (TPSA) is 92.6 Å². The molecular formula is C29H36ClN3O4S. The van der Waals surface area contributed by atoms with Crippen molar-refractivity contribution in [2.75, 3.05) is 4.90 Å². The van der Waals surface area contributed by atoms with E-state index >= 15 is 0 Å². The van der Waals surface area contributed by atoms with E-state index in [-0.39, 0.29) is 34.3 Å². The van der Waals surface area contributed by atoms with Crippen LogP contribution in [0.5, 0.6) is 5.88 Å². The van der Waals surface area contributed by atoms with E-state index in [2.05, 4.69) is 28.7 Å². The van der Waals surface area contributed by atoms with Gasteiger partial charge in [0.25, 0.3) is 0 Å². The van der Waals surface area contributed by atoms with Gasteiger partial charge in [-0.2, -0.15) is 0 Å². The molecule has 0 atom stereocenters. The minimum atomic E-state index is -1.03. The highest BCUT2D eigenvalue weighted by Gasteiger charge is 2.38. The highest BCUT2D eigenvalue weighted by atomic mass is 35.5. The van der Waals surface area contributed by atoms with E-state index < -0.39 is 5.97 Å². The number of hydrogen-bond acceptors (Lipinski definition) is 6. The second kappa shape index (κ2) is 12.0. The number of rotatable bonds is 6. The van der Waals surface area contributed by atoms with Gasteiger partial charge < -0.3 is 14.7 Å². The maximum absolute atomic E-state index is 14.0. The molecule has 0 aromatic carbocycles. The van der Waals surface area contributed by atoms with Crippen molar-refractivity contribution in [2.24, 2.45) is 17.3 Å². The molecule has 2 aromatic rings. The second-order valence-corrected chi connectivity index (χ2v) is 13.0. The van der Waals surface area contributed by atoms with Gasteiger partial charge >= 0.3 is 5.97 Å². The van der Waals surface area contributed by atoms with Crippen molar-refractivity contribution in [1.82, 2.24) is 9.97 Å². The number of carboxylic acid groups (broad SMARTS) is 1. The molecule has 2 aliphatic carbocycles. The highest BCUT2D eigenvalue weighted by Crippen LogP contribution is 2.39. The third kappa shape index (κ3) is 7.27. The molecule has 1 N–H and O–H groups in total. The Bertz CT molecular complexity index is 1200. The fourth-order valence-corrected chi connectivity index (χ4v) is 6.12. The van der Waals surface area contributed by atoms with Crippen LogP contribution in [0.3, 0.4) is 0 Å². The molecule has 2 saturated carbocycles. The Kier molecular flexibility index (Phi) is 9.00. The van der Waals surface area contributed by atoms with Gasteiger partial charge in [-0.3, -0.25) is 4.79 Å². The minimum Gasteiger partial charge on any atom is -0.477 e. The predicted molar refractivity (Wildman–Crippen MR) is 150 cm³/mol. The number of thiophene rings is 1. The molecule has 9 heteroatoms. The van der Waals surface area contributed by atoms with Crippen LogP contribution in [-0.2, 0) is 4.79 Å². The summed E-state index contributed by atoms with van der Waals surface area (Å²) >= 11 is 6.98. The number of carbonyl (C=O) groups excluding carboxylic acids is 1. The standard InChI is InChI=1S/C29H36ClN3O4S/c1-18-5-7-19(8-6-18)27(34)33(23-15-22(13-14-29(2,3)4)38-26(23)28(35)36)20-9-11-21(12-10-20)37-25-17-31-24(30)16-32-25/h15-21H,5-12H2,1-4H3,(H,35,36)/t18-,19-,20-,21-. The lowest BCUT2D eigenvalue weighted by atomic mass is 9.81. The average molecular weight is 558 g/mol. The van der Waals surface area contributed by atoms with E-state index in [0.29, 0.717) is 40.4 Å². The quantitative estimate of drug-likeness (QED) is 0.391. The predicted octanol–water partition coefficient (Wildman–Crippen LogP) is 6.84. The lowest BCUT2D eigenvalue weighted by Gasteiger charge is -2.39. The Balaban J connectivity index is 1.60. The molecule has 0 aliphatic heterocycles. The van der Waals surface area contributed by atoms with E-state index in [9.17, 15) is 14.7 Å². The molecule has 2 heterocycles. The van der Waals surface area contributed by atoms with Crippen molar-refractivity contribution in [3.8, 4) is 17.7 Å². The molecule has 2 aliphatic rings. The Morgan fingerprint density at radius 3 is 2.34 bits per heavy atom. The molecule has 7 nitrogen and oxygen atoms in total. The van der Waals surface area contributed by atoms with Crippen LogP contribution in [-0.4, -0.2) is 39.1 Å². The fraction of sp³-hybridized carbons (Fsp3) is 0.586. The normalized spacial score (nSPS) is 23.7. The van der Waals surface area contributed by atoms with E-state index in [4.69, 9.17) is 16.3 Å². The van der Waals surface area contributed by atoms with Crippen LogP contribution in [0.4, 0.5) is 5.69 Å². The number of anilines is 1. The van der Waals surface area contributed by atoms with Gasteiger partial charge in [0.2, 0.25) is 11.8 Å². The summed E-state index contributed by atoms with van der Waals surface area (Å²) in [5.74, 6) is 6.31. The van der Waals surface area contributed by atoms with Gasteiger partial charge in [-0.1, -0.05) is 30.4 Å². The van der Waals surface area contributed by atoms with E-state index in [1.165, 1.54) is 12.4 Å². The Labute approximate surface area is 234 Å². The fourth-order valence-electron chi connectivity index (χ4n) is 5.18. The summed E-state index contributed by atoms with van der Waals surface area (Å²) in [6, 6.07) is 1.70. The molecule has 2 aromatic heterocycles. The SMILES string of the molecule is CC(C)(C)C#Cc1cc(N(C(=O)[C@H]2CC[C@H](C)CC2)[C@H]2CC[C@H](Oc3cnc(Cl)cn3)CC2)c(C(=O)O)s1. The Hall–Kier alpha value is -2.63. The van der Waals surface area contributed by atoms with Crippen molar-refractivity contribution in [3.05, 3.63) is 33.4 Å². The summed E-state index contributed by atoms with van der Waals surface area (Å²) in [7, 11) is 0. The van der Waals surface area contributed by atoms with Crippen LogP contribution in [0.15, 0.2) is 18.5 Å². The van der Waals surface area contributed by atoms with E-state index in [1.54, 1.807) is 4.90 Å². The summed E-state index contributed by atoms with van der Waals surface area (Å²) in [5.41, 5.74) is 0.270. The third-order valence-electron chi connectivity index (χ3n) is 7.22. The molecule has 4 rings (SSSR count). The molecule has 0 spiro atoms. The van der Waals surface area contributed by atoms with E-state index in [1.807, 2.05) is 26.8 Å². The van der Waals surface area contributed by atoms with Crippen molar-refractivity contribution >= 4 is 40.5 Å². The summed E-state index contributed by atoms with van der Waals surface area (Å²) in [6.45, 7) is 8.28. The smallest absolute Gasteiger partial charge is 0.348 e. The van der Waals surface area contributed by atoms with Gasteiger partial charge in [-0.05, 0) is 84.1 Å². The average Bonchev–Trinajstić information content (AvgIpc) is 3.30. The molecule has 204 valence electrons. The first-order chi connectivity index (χ1) is 18.0. The van der Waals surface area contributed by atoms with Crippen LogP contribution in [0.1, 0.15) is 93.6 Å². The zero-order valence-electron chi connectivity index (χ0n) is 22.5. The first-order valence-electron chi connectivity index (χ1n) is 13.4. The van der Waals surface area contributed by atoms with Crippen LogP contribution < -0.4 is 9.64 Å². The van der Waals surface area contributed by atoms with Gasteiger partial charge in [0.1, 0.15) is 16.1 Å². The maximum Gasteiger partial charge on any atom is 0.348 e. The van der Waals surface area contributed by atoms with Crippen molar-refractivity contribution in [1.29, 1.82) is 0 Å². The number of ether oxygens (including phenoxy) is 1. The lowest BCUT2D eigenvalue weighted by Crippen LogP contribution is -2.47. The lowest BCUT2D eigenvalue weighted by molar-refractivity contribution is -0.124. The first-order valence-corrected chi connectivity index (χ1v) is 14.6. The highest BCUT2D eigenvalue weighted by molar-refractivity contribution is 7.15. The number of hydrogen-bond donors (Lipinski definition) is 1. The van der Waals surface area contributed by atoms with E-state index in [0.717, 1.165) is 49.9 Å². The van der Waals surface area contributed by atoms with Gasteiger partial charge in [0.15, 0.2) is 0 Å². The maximum atomic E-state index is 14.0. The summed E-state index contributed by atoms with van der Waals surface area (Å²) in [6.07, 6.45) is 9.50. The van der Waals surface area contributed by atoms with Crippen LogP contribution in [0.2, 0.25) is 5.15 Å². The first kappa shape index (κ1) is 28.4. The Morgan fingerprint density at radius 2 is 1.76 bits per heavy atom. The number of amides is 1. The monoisotopic (exact) mass is 557 g/mol. The van der Waals surface area contributed by atoms with Crippen LogP contribution >= 0.6 is 22.9 Å². The van der Waals surface area contributed by atoms with Crippen LogP contribution in [0.25, 0.3) is 0 Å². The van der Waals surface area contributed by atoms with Crippen molar-refractivity contribution in [2.45, 2.75) is 91.2 Å². The Morgan fingerprint density at radius 1 is 1.08 bits per heavy atom. The summed E-state index contributed by atoms with van der Waals surface area (Å²) in [5, 5.41) is 10.4. The largest absolute Gasteiger partial charge is 0.477 e. The zero-order valence-corrected chi connectivity index (χ0v) is 24.1. The number of aromatic carboxylic acids is 1. The van der Waals surface area contributed by atoms with Gasteiger partial charge in [-0.15, -0.1) is 11.3 Å². The van der Waals surface area contributed by atoms with Crippen molar-refractivity contribution < 1.29 is 19.4 Å². The molecule has 2 fully saturated rings. The summed E-state index contributed by atoms with van der Waals surface area (Å²) in [4.78, 5) is 37.2. The number of aromatic nitrogens is 2. The minimum absolute atomic E-state index is 0.0421. The summed E-state index contributed by atoms with van der Waals surface area (Å²) < 4.78 is 6.02. The molecule has 0 bridgehead atoms. The number of carbonyl (C=O) groups is 2.